The van der Waals surface area contributed by atoms with Gasteiger partial charge in [0, 0.05) is 12.6 Å². The maximum absolute atomic E-state index is 12.2. The van der Waals surface area contributed by atoms with Gasteiger partial charge >= 0.3 is 0 Å². The van der Waals surface area contributed by atoms with Crippen molar-refractivity contribution in [2.45, 2.75) is 26.2 Å². The van der Waals surface area contributed by atoms with Crippen LogP contribution in [0.3, 0.4) is 0 Å². The summed E-state index contributed by atoms with van der Waals surface area (Å²) in [5, 5.41) is 7.05. The number of hydrogen-bond donors (Lipinski definition) is 2. The van der Waals surface area contributed by atoms with Crippen molar-refractivity contribution in [3.8, 4) is 10.4 Å². The number of nitrogens with one attached hydrogen (secondary N) is 2. The molecule has 1 aliphatic rings. The average Bonchev–Trinajstić information content (AvgIpc) is 3.04. The lowest BCUT2D eigenvalue weighted by Gasteiger charge is -2.27. The molecule has 5 heteroatoms. The molecule has 2 unspecified atom stereocenters. The Morgan fingerprint density at radius 3 is 3.00 bits per heavy atom. The molecule has 3 rings (SSSR count). The predicted octanol–water partition coefficient (Wildman–Crippen LogP) is 3.77. The number of nitrogens with zero attached hydrogens (tertiary/aromatic N) is 1. The Morgan fingerprint density at radius 2 is 2.26 bits per heavy atom. The fourth-order valence-corrected chi connectivity index (χ4v) is 3.90. The van der Waals surface area contributed by atoms with Crippen LogP contribution in [0.4, 0.5) is 5.13 Å². The van der Waals surface area contributed by atoms with Gasteiger partial charge in [0.05, 0.1) is 4.88 Å². The van der Waals surface area contributed by atoms with Crippen molar-refractivity contribution in [1.29, 1.82) is 0 Å². The molecular formula is C18H23N3OS. The van der Waals surface area contributed by atoms with E-state index in [1.807, 2.05) is 24.4 Å². The molecule has 1 aromatic heterocycles. The van der Waals surface area contributed by atoms with Crippen LogP contribution in [-0.2, 0) is 4.79 Å². The number of thiazole rings is 1. The van der Waals surface area contributed by atoms with Crippen LogP contribution >= 0.6 is 11.3 Å². The molecule has 2 heterocycles. The zero-order valence-corrected chi connectivity index (χ0v) is 14.2. The Hall–Kier alpha value is -1.72. The van der Waals surface area contributed by atoms with E-state index in [9.17, 15) is 4.79 Å². The lowest BCUT2D eigenvalue weighted by Crippen LogP contribution is -2.34. The molecule has 2 N–H and O–H groups in total. The first-order valence-electron chi connectivity index (χ1n) is 8.24. The van der Waals surface area contributed by atoms with Crippen molar-refractivity contribution < 1.29 is 4.79 Å². The summed E-state index contributed by atoms with van der Waals surface area (Å²) in [6.07, 6.45) is 4.82. The number of benzene rings is 1. The molecule has 1 aliphatic heterocycles. The zero-order valence-electron chi connectivity index (χ0n) is 13.4. The van der Waals surface area contributed by atoms with Gasteiger partial charge < -0.3 is 10.6 Å². The van der Waals surface area contributed by atoms with E-state index in [0.717, 1.165) is 23.5 Å². The minimum absolute atomic E-state index is 0.0667. The lowest BCUT2D eigenvalue weighted by molar-refractivity contribution is -0.117. The summed E-state index contributed by atoms with van der Waals surface area (Å²) in [4.78, 5) is 17.6. The molecule has 0 spiro atoms. The van der Waals surface area contributed by atoms with E-state index in [1.54, 1.807) is 0 Å². The van der Waals surface area contributed by atoms with Gasteiger partial charge in [-0.2, -0.15) is 0 Å². The average molecular weight is 329 g/mol. The fourth-order valence-electron chi connectivity index (χ4n) is 3.06. The van der Waals surface area contributed by atoms with Gasteiger partial charge in [-0.15, -0.1) is 0 Å². The molecule has 2 aromatic rings. The molecular weight excluding hydrogens is 306 g/mol. The van der Waals surface area contributed by atoms with Gasteiger partial charge in [0.1, 0.15) is 0 Å². The minimum Gasteiger partial charge on any atom is -0.316 e. The van der Waals surface area contributed by atoms with Crippen molar-refractivity contribution in [2.75, 3.05) is 18.4 Å². The Bertz CT molecular complexity index is 635. The van der Waals surface area contributed by atoms with Crippen LogP contribution < -0.4 is 10.6 Å². The van der Waals surface area contributed by atoms with Crippen LogP contribution in [-0.4, -0.2) is 24.0 Å². The largest absolute Gasteiger partial charge is 0.316 e. The first-order chi connectivity index (χ1) is 11.2. The Balaban J connectivity index is 1.55. The van der Waals surface area contributed by atoms with E-state index < -0.39 is 0 Å². The molecule has 1 fully saturated rings. The van der Waals surface area contributed by atoms with Gasteiger partial charge in [-0.25, -0.2) is 4.98 Å². The molecule has 1 saturated heterocycles. The standard InChI is InChI=1S/C18H23N3OS/c1-13(15-8-5-9-19-11-15)10-17(22)21-18-20-12-16(23-18)14-6-3-2-4-7-14/h2-4,6-7,12-13,15,19H,5,8-11H2,1H3,(H,20,21,22). The van der Waals surface area contributed by atoms with Gasteiger partial charge in [0.25, 0.3) is 0 Å². The minimum atomic E-state index is 0.0667. The van der Waals surface area contributed by atoms with Crippen LogP contribution in [0.25, 0.3) is 10.4 Å². The van der Waals surface area contributed by atoms with Gasteiger partial charge in [-0.3, -0.25) is 4.79 Å². The second kappa shape index (κ2) is 7.70. The fraction of sp³-hybridized carbons (Fsp3) is 0.444. The Morgan fingerprint density at radius 1 is 1.43 bits per heavy atom. The number of aromatic nitrogens is 1. The SMILES string of the molecule is CC(CC(=O)Nc1ncc(-c2ccccc2)s1)C1CCCNC1. The van der Waals surface area contributed by atoms with Crippen molar-refractivity contribution in [1.82, 2.24) is 10.3 Å². The number of piperidine rings is 1. The number of anilines is 1. The number of rotatable bonds is 5. The summed E-state index contributed by atoms with van der Waals surface area (Å²) < 4.78 is 0. The maximum atomic E-state index is 12.2. The summed E-state index contributed by atoms with van der Waals surface area (Å²) >= 11 is 1.52. The zero-order chi connectivity index (χ0) is 16.1. The summed E-state index contributed by atoms with van der Waals surface area (Å²) in [5.74, 6) is 1.07. The molecule has 0 saturated carbocycles. The van der Waals surface area contributed by atoms with Crippen LogP contribution in [0, 0.1) is 11.8 Å². The van der Waals surface area contributed by atoms with Crippen molar-refractivity contribution in [3.63, 3.8) is 0 Å². The van der Waals surface area contributed by atoms with E-state index >= 15 is 0 Å². The van der Waals surface area contributed by atoms with E-state index in [1.165, 1.54) is 24.2 Å². The summed E-state index contributed by atoms with van der Waals surface area (Å²) in [7, 11) is 0. The molecule has 0 radical (unpaired) electrons. The summed E-state index contributed by atoms with van der Waals surface area (Å²) in [6.45, 7) is 4.31. The highest BCUT2D eigenvalue weighted by Gasteiger charge is 2.22. The smallest absolute Gasteiger partial charge is 0.226 e. The number of hydrogen-bond acceptors (Lipinski definition) is 4. The monoisotopic (exact) mass is 329 g/mol. The quantitative estimate of drug-likeness (QED) is 0.878. The van der Waals surface area contributed by atoms with Crippen LogP contribution in [0.1, 0.15) is 26.2 Å². The van der Waals surface area contributed by atoms with E-state index in [4.69, 9.17) is 0 Å². The highest BCUT2D eigenvalue weighted by molar-refractivity contribution is 7.19. The van der Waals surface area contributed by atoms with Gasteiger partial charge in [-0.1, -0.05) is 48.6 Å². The van der Waals surface area contributed by atoms with E-state index in [-0.39, 0.29) is 5.91 Å². The maximum Gasteiger partial charge on any atom is 0.226 e. The second-order valence-corrected chi connectivity index (χ2v) is 7.26. The highest BCUT2D eigenvalue weighted by Crippen LogP contribution is 2.29. The number of amides is 1. The molecule has 0 aliphatic carbocycles. The Kier molecular flexibility index (Phi) is 5.41. The topological polar surface area (TPSA) is 54.0 Å². The molecule has 0 bridgehead atoms. The van der Waals surface area contributed by atoms with E-state index in [0.29, 0.717) is 23.4 Å². The third-order valence-electron chi connectivity index (χ3n) is 4.46. The summed E-state index contributed by atoms with van der Waals surface area (Å²) in [5.41, 5.74) is 1.13. The van der Waals surface area contributed by atoms with Crippen LogP contribution in [0.5, 0.6) is 0 Å². The van der Waals surface area contributed by atoms with Crippen LogP contribution in [0.15, 0.2) is 36.5 Å². The molecule has 122 valence electrons. The normalized spacial score (nSPS) is 19.3. The molecule has 2 atom stereocenters. The first-order valence-corrected chi connectivity index (χ1v) is 9.06. The predicted molar refractivity (Wildman–Crippen MR) is 95.6 cm³/mol. The molecule has 1 aromatic carbocycles. The van der Waals surface area contributed by atoms with Gasteiger partial charge in [0.2, 0.25) is 5.91 Å². The first kappa shape index (κ1) is 16.1. The third kappa shape index (κ3) is 4.39. The second-order valence-electron chi connectivity index (χ2n) is 6.23. The summed E-state index contributed by atoms with van der Waals surface area (Å²) in [6, 6.07) is 10.1. The van der Waals surface area contributed by atoms with E-state index in [2.05, 4.69) is 34.7 Å². The molecule has 4 nitrogen and oxygen atoms in total. The Labute approximate surface area is 141 Å². The molecule has 1 amide bonds. The van der Waals surface area contributed by atoms with Crippen LogP contribution in [0.2, 0.25) is 0 Å². The highest BCUT2D eigenvalue weighted by atomic mass is 32.1. The van der Waals surface area contributed by atoms with Crippen molar-refractivity contribution >= 4 is 22.4 Å². The molecule has 23 heavy (non-hydrogen) atoms. The van der Waals surface area contributed by atoms with Crippen molar-refractivity contribution in [2.24, 2.45) is 11.8 Å². The van der Waals surface area contributed by atoms with Crippen molar-refractivity contribution in [3.05, 3.63) is 36.5 Å². The third-order valence-corrected chi connectivity index (χ3v) is 5.42. The number of carbonyl (C=O) groups is 1. The van der Waals surface area contributed by atoms with Gasteiger partial charge in [0.15, 0.2) is 5.13 Å². The lowest BCUT2D eigenvalue weighted by atomic mass is 9.85. The van der Waals surface area contributed by atoms with Gasteiger partial charge in [-0.05, 0) is 43.3 Å². The number of carbonyl (C=O) groups excluding carboxylic acids is 1.